The van der Waals surface area contributed by atoms with Gasteiger partial charge >= 0.3 is 5.97 Å². The number of anilines is 2. The van der Waals surface area contributed by atoms with E-state index in [2.05, 4.69) is 10.6 Å². The highest BCUT2D eigenvalue weighted by Gasteiger charge is 2.33. The molecule has 1 atom stereocenters. The van der Waals surface area contributed by atoms with Crippen LogP contribution in [0.25, 0.3) is 0 Å². The van der Waals surface area contributed by atoms with Gasteiger partial charge in [-0.25, -0.2) is 0 Å². The second-order valence-electron chi connectivity index (χ2n) is 7.65. The molecule has 148 valence electrons. The summed E-state index contributed by atoms with van der Waals surface area (Å²) in [6.07, 6.45) is 0.920. The number of nitrogens with one attached hydrogen (secondary N) is 2. The number of carbonyl (C=O) groups excluding carboxylic acids is 2. The molecule has 2 N–H and O–H groups in total. The first-order valence-electron chi connectivity index (χ1n) is 8.74. The zero-order chi connectivity index (χ0) is 20.4. The molecule has 1 aliphatic rings. The van der Waals surface area contributed by atoms with Crippen LogP contribution in [0, 0.1) is 5.92 Å². The minimum absolute atomic E-state index is 0.366. The van der Waals surface area contributed by atoms with Crippen LogP contribution in [0.5, 0.6) is 5.75 Å². The minimum Gasteiger partial charge on any atom is -0.494 e. The van der Waals surface area contributed by atoms with Crippen molar-refractivity contribution in [3.63, 3.8) is 0 Å². The lowest BCUT2D eigenvalue weighted by Gasteiger charge is -2.22. The Kier molecular flexibility index (Phi) is 6.30. The fraction of sp³-hybridized carbons (Fsp3) is 0.526. The van der Waals surface area contributed by atoms with E-state index in [9.17, 15) is 9.59 Å². The molecule has 1 amide bonds. The summed E-state index contributed by atoms with van der Waals surface area (Å²) < 4.78 is 10.8. The van der Waals surface area contributed by atoms with Gasteiger partial charge in [-0.2, -0.15) is 0 Å². The van der Waals surface area contributed by atoms with Crippen LogP contribution < -0.4 is 15.4 Å². The van der Waals surface area contributed by atoms with Gasteiger partial charge in [-0.05, 0) is 57.5 Å². The van der Waals surface area contributed by atoms with E-state index in [0.717, 1.165) is 5.56 Å². The summed E-state index contributed by atoms with van der Waals surface area (Å²) in [7, 11) is 5.24. The van der Waals surface area contributed by atoms with Crippen molar-refractivity contribution in [1.82, 2.24) is 4.90 Å². The molecule has 0 saturated heterocycles. The first kappa shape index (κ1) is 21.0. The van der Waals surface area contributed by atoms with Crippen molar-refractivity contribution >= 4 is 40.6 Å². The Hall–Kier alpha value is -2.35. The average Bonchev–Trinajstić information content (AvgIpc) is 2.70. The lowest BCUT2D eigenvalue weighted by Crippen LogP contribution is -2.35. The van der Waals surface area contributed by atoms with Crippen molar-refractivity contribution < 1.29 is 19.1 Å². The molecule has 1 aromatic rings. The third kappa shape index (κ3) is 5.32. The highest BCUT2D eigenvalue weighted by molar-refractivity contribution is 7.80. The van der Waals surface area contributed by atoms with E-state index in [1.165, 1.54) is 0 Å². The van der Waals surface area contributed by atoms with Crippen LogP contribution in [0.15, 0.2) is 12.1 Å². The van der Waals surface area contributed by atoms with Gasteiger partial charge in [0.25, 0.3) is 0 Å². The van der Waals surface area contributed by atoms with Crippen molar-refractivity contribution in [2.45, 2.75) is 39.2 Å². The van der Waals surface area contributed by atoms with Gasteiger partial charge in [0.2, 0.25) is 5.91 Å². The molecule has 27 heavy (non-hydrogen) atoms. The number of fused-ring (bicyclic) bond motifs is 1. The fourth-order valence-electron chi connectivity index (χ4n) is 2.69. The van der Waals surface area contributed by atoms with Crippen molar-refractivity contribution in [2.24, 2.45) is 5.92 Å². The molecule has 0 radical (unpaired) electrons. The fourth-order valence-corrected chi connectivity index (χ4v) is 2.80. The quantitative estimate of drug-likeness (QED) is 0.464. The van der Waals surface area contributed by atoms with E-state index in [1.807, 2.05) is 20.2 Å². The lowest BCUT2D eigenvalue weighted by atomic mass is 9.99. The normalized spacial score (nSPS) is 16.5. The van der Waals surface area contributed by atoms with Gasteiger partial charge in [0.05, 0.1) is 12.8 Å². The van der Waals surface area contributed by atoms with Crippen molar-refractivity contribution in [1.29, 1.82) is 0 Å². The smallest absolute Gasteiger partial charge is 0.319 e. The first-order chi connectivity index (χ1) is 12.5. The van der Waals surface area contributed by atoms with Gasteiger partial charge < -0.3 is 25.0 Å². The van der Waals surface area contributed by atoms with Gasteiger partial charge in [0, 0.05) is 25.8 Å². The second-order valence-corrected chi connectivity index (χ2v) is 8.03. The molecule has 8 heteroatoms. The van der Waals surface area contributed by atoms with Gasteiger partial charge in [-0.1, -0.05) is 0 Å². The molecular weight excluding hydrogens is 366 g/mol. The van der Waals surface area contributed by atoms with Crippen molar-refractivity contribution in [2.75, 3.05) is 31.8 Å². The molecule has 0 aromatic heterocycles. The molecule has 0 aliphatic carbocycles. The Labute approximate surface area is 165 Å². The zero-order valence-electron chi connectivity index (χ0n) is 16.6. The van der Waals surface area contributed by atoms with Gasteiger partial charge in [-0.15, -0.1) is 0 Å². The maximum Gasteiger partial charge on any atom is 0.319 e. The zero-order valence-corrected chi connectivity index (χ0v) is 17.5. The predicted octanol–water partition coefficient (Wildman–Crippen LogP) is 2.80. The van der Waals surface area contributed by atoms with Crippen molar-refractivity contribution in [3.8, 4) is 5.75 Å². The van der Waals surface area contributed by atoms with Gasteiger partial charge in [0.1, 0.15) is 17.3 Å². The Morgan fingerprint density at radius 2 is 2.00 bits per heavy atom. The van der Waals surface area contributed by atoms with Crippen LogP contribution in [-0.2, 0) is 20.7 Å². The number of nitrogens with zero attached hydrogens (tertiary/aromatic N) is 1. The molecule has 0 fully saturated rings. The number of aryl methyl sites for hydroxylation is 1. The highest BCUT2D eigenvalue weighted by Crippen LogP contribution is 2.35. The van der Waals surface area contributed by atoms with E-state index in [4.69, 9.17) is 21.7 Å². The van der Waals surface area contributed by atoms with Crippen molar-refractivity contribution in [3.05, 3.63) is 17.7 Å². The third-order valence-corrected chi connectivity index (χ3v) is 4.51. The highest BCUT2D eigenvalue weighted by atomic mass is 32.1. The largest absolute Gasteiger partial charge is 0.494 e. The second kappa shape index (κ2) is 8.12. The maximum absolute atomic E-state index is 12.6. The molecule has 1 heterocycles. The molecule has 1 unspecified atom stereocenters. The number of ether oxygens (including phenoxy) is 2. The predicted molar refractivity (Wildman–Crippen MR) is 109 cm³/mol. The Balaban J connectivity index is 2.28. The number of methoxy groups -OCH3 is 1. The number of rotatable bonds is 3. The molecule has 1 aliphatic heterocycles. The summed E-state index contributed by atoms with van der Waals surface area (Å²) in [5.74, 6) is -1.17. The topological polar surface area (TPSA) is 79.9 Å². The Morgan fingerprint density at radius 1 is 1.33 bits per heavy atom. The van der Waals surface area contributed by atoms with E-state index >= 15 is 0 Å². The standard InChI is InChI=1S/C19H27N3O4S/c1-19(2,3)26-17(24)12-8-7-11-9-14(21-18(27)22(4)5)15(25-6)10-13(11)20-16(12)23/h9-10,12H,7-8H2,1-6H3,(H,20,23)(H,21,27). The molecule has 0 bridgehead atoms. The van der Waals surface area contributed by atoms with E-state index in [1.54, 1.807) is 38.8 Å². The number of thiocarbonyl (C=S) groups is 1. The minimum atomic E-state index is -0.845. The summed E-state index contributed by atoms with van der Waals surface area (Å²) >= 11 is 5.30. The van der Waals surface area contributed by atoms with Crippen LogP contribution in [0.4, 0.5) is 11.4 Å². The number of benzene rings is 1. The third-order valence-electron chi connectivity index (χ3n) is 4.04. The number of amides is 1. The van der Waals surface area contributed by atoms with Crippen LogP contribution in [0.1, 0.15) is 32.8 Å². The summed E-state index contributed by atoms with van der Waals surface area (Å²) in [5.41, 5.74) is 1.60. The summed E-state index contributed by atoms with van der Waals surface area (Å²) in [5, 5.41) is 6.50. The van der Waals surface area contributed by atoms with Crippen LogP contribution in [0.3, 0.4) is 0 Å². The molecule has 2 rings (SSSR count). The SMILES string of the molecule is COc1cc2c(cc1NC(=S)N(C)C)CCC(C(=O)OC(C)(C)C)C(=O)N2. The van der Waals surface area contributed by atoms with E-state index in [0.29, 0.717) is 35.1 Å². The Bertz CT molecular complexity index is 756. The van der Waals surface area contributed by atoms with Crippen LogP contribution in [0.2, 0.25) is 0 Å². The van der Waals surface area contributed by atoms with E-state index in [-0.39, 0.29) is 5.91 Å². The number of carbonyl (C=O) groups is 2. The molecule has 1 aromatic carbocycles. The van der Waals surface area contributed by atoms with E-state index < -0.39 is 17.5 Å². The summed E-state index contributed by atoms with van der Waals surface area (Å²) in [6, 6.07) is 3.63. The summed E-state index contributed by atoms with van der Waals surface area (Å²) in [4.78, 5) is 26.7. The van der Waals surface area contributed by atoms with Gasteiger partial charge in [0.15, 0.2) is 5.11 Å². The molecule has 7 nitrogen and oxygen atoms in total. The average molecular weight is 394 g/mol. The Morgan fingerprint density at radius 3 is 2.56 bits per heavy atom. The maximum atomic E-state index is 12.6. The first-order valence-corrected chi connectivity index (χ1v) is 9.15. The molecular formula is C19H27N3O4S. The molecule has 0 saturated carbocycles. The number of hydrogen-bond acceptors (Lipinski definition) is 5. The number of hydrogen-bond donors (Lipinski definition) is 2. The monoisotopic (exact) mass is 393 g/mol. The lowest BCUT2D eigenvalue weighted by molar-refractivity contribution is -0.161. The van der Waals surface area contributed by atoms with Crippen LogP contribution in [-0.4, -0.2) is 48.7 Å². The molecule has 0 spiro atoms. The van der Waals surface area contributed by atoms with Crippen LogP contribution >= 0.6 is 12.2 Å². The van der Waals surface area contributed by atoms with Gasteiger partial charge in [-0.3, -0.25) is 9.59 Å². The number of esters is 1. The summed E-state index contributed by atoms with van der Waals surface area (Å²) in [6.45, 7) is 5.35.